The molecule has 2 aromatic rings. The minimum Gasteiger partial charge on any atom is -0.465 e. The lowest BCUT2D eigenvalue weighted by Gasteiger charge is -2.10. The Kier molecular flexibility index (Phi) is 5.09. The maximum atomic E-state index is 12.3. The average molecular weight is 312 g/mol. The Bertz CT molecular complexity index is 756. The van der Waals surface area contributed by atoms with E-state index in [1.807, 2.05) is 0 Å². The topological polar surface area (TPSA) is 84.5 Å². The molecule has 0 unspecified atom stereocenters. The van der Waals surface area contributed by atoms with Crippen molar-refractivity contribution >= 4 is 29.2 Å². The molecule has 2 N–H and O–H groups in total. The van der Waals surface area contributed by atoms with Crippen LogP contribution >= 0.6 is 0 Å². The maximum absolute atomic E-state index is 12.3. The van der Waals surface area contributed by atoms with E-state index >= 15 is 0 Å². The number of carbonyl (C=O) groups excluding carboxylic acids is 3. The van der Waals surface area contributed by atoms with E-state index in [0.717, 1.165) is 0 Å². The second kappa shape index (κ2) is 7.22. The van der Waals surface area contributed by atoms with Crippen LogP contribution in [0, 0.1) is 0 Å². The van der Waals surface area contributed by atoms with E-state index in [1.54, 1.807) is 48.5 Å². The third-order valence-corrected chi connectivity index (χ3v) is 3.03. The van der Waals surface area contributed by atoms with E-state index in [4.69, 9.17) is 0 Å². The minimum atomic E-state index is -0.534. The number of anilines is 2. The van der Waals surface area contributed by atoms with Gasteiger partial charge in [-0.2, -0.15) is 0 Å². The first-order valence-corrected chi connectivity index (χ1v) is 6.87. The number of amides is 2. The van der Waals surface area contributed by atoms with Crippen LogP contribution < -0.4 is 10.6 Å². The highest BCUT2D eigenvalue weighted by atomic mass is 16.5. The van der Waals surface area contributed by atoms with Gasteiger partial charge in [0.2, 0.25) is 5.91 Å². The molecule has 0 radical (unpaired) electrons. The van der Waals surface area contributed by atoms with Crippen LogP contribution in [0.25, 0.3) is 0 Å². The normalized spacial score (nSPS) is 9.83. The maximum Gasteiger partial charge on any atom is 0.339 e. The fraction of sp³-hybridized carbons (Fsp3) is 0.118. The fourth-order valence-corrected chi connectivity index (χ4v) is 2.02. The fourth-order valence-electron chi connectivity index (χ4n) is 2.02. The van der Waals surface area contributed by atoms with Gasteiger partial charge in [0, 0.05) is 18.2 Å². The van der Waals surface area contributed by atoms with Gasteiger partial charge in [0.25, 0.3) is 5.91 Å². The number of benzene rings is 2. The molecular formula is C17H16N2O4. The second-order valence-corrected chi connectivity index (χ2v) is 4.75. The lowest BCUT2D eigenvalue weighted by atomic mass is 10.1. The standard InChI is InChI=1S/C17H16N2O4/c1-11(20)18-13-7-5-6-12(10-13)16(21)19-15-9-4-3-8-14(15)17(22)23-2/h3-10H,1-2H3,(H,18,20)(H,19,21). The summed E-state index contributed by atoms with van der Waals surface area (Å²) in [6.45, 7) is 1.39. The minimum absolute atomic E-state index is 0.224. The van der Waals surface area contributed by atoms with E-state index < -0.39 is 11.9 Å². The Hall–Kier alpha value is -3.15. The number of rotatable bonds is 4. The number of esters is 1. The predicted octanol–water partition coefficient (Wildman–Crippen LogP) is 2.68. The van der Waals surface area contributed by atoms with Crippen molar-refractivity contribution in [1.29, 1.82) is 0 Å². The Morgan fingerprint density at radius 1 is 0.957 bits per heavy atom. The highest BCUT2D eigenvalue weighted by Gasteiger charge is 2.14. The van der Waals surface area contributed by atoms with Crippen molar-refractivity contribution in [3.05, 3.63) is 59.7 Å². The third-order valence-electron chi connectivity index (χ3n) is 3.03. The smallest absolute Gasteiger partial charge is 0.339 e. The molecule has 2 aromatic carbocycles. The van der Waals surface area contributed by atoms with Crippen molar-refractivity contribution in [2.75, 3.05) is 17.7 Å². The quantitative estimate of drug-likeness (QED) is 0.850. The summed E-state index contributed by atoms with van der Waals surface area (Å²) in [5.41, 5.74) is 1.50. The van der Waals surface area contributed by atoms with E-state index in [0.29, 0.717) is 16.9 Å². The van der Waals surface area contributed by atoms with Crippen molar-refractivity contribution in [3.63, 3.8) is 0 Å². The van der Waals surface area contributed by atoms with Gasteiger partial charge >= 0.3 is 5.97 Å². The molecule has 23 heavy (non-hydrogen) atoms. The summed E-state index contributed by atoms with van der Waals surface area (Å²) in [6.07, 6.45) is 0. The number of para-hydroxylation sites is 1. The molecule has 0 spiro atoms. The summed E-state index contributed by atoms with van der Waals surface area (Å²) in [5.74, 6) is -1.15. The zero-order valence-corrected chi connectivity index (χ0v) is 12.8. The predicted molar refractivity (Wildman–Crippen MR) is 86.5 cm³/mol. The molecule has 118 valence electrons. The van der Waals surface area contributed by atoms with Gasteiger partial charge in [0.05, 0.1) is 18.4 Å². The number of ether oxygens (including phenoxy) is 1. The molecule has 0 aliphatic carbocycles. The van der Waals surface area contributed by atoms with Crippen LogP contribution in [0.4, 0.5) is 11.4 Å². The number of nitrogens with one attached hydrogen (secondary N) is 2. The largest absolute Gasteiger partial charge is 0.465 e. The first-order chi connectivity index (χ1) is 11.0. The number of hydrogen-bond acceptors (Lipinski definition) is 4. The summed E-state index contributed by atoms with van der Waals surface area (Å²) in [5, 5.41) is 5.28. The molecule has 0 heterocycles. The van der Waals surface area contributed by atoms with Crippen molar-refractivity contribution < 1.29 is 19.1 Å². The van der Waals surface area contributed by atoms with Crippen LogP contribution in [-0.4, -0.2) is 24.9 Å². The summed E-state index contributed by atoms with van der Waals surface area (Å²) in [7, 11) is 1.28. The Morgan fingerprint density at radius 2 is 1.70 bits per heavy atom. The van der Waals surface area contributed by atoms with Gasteiger partial charge in [0.1, 0.15) is 0 Å². The SMILES string of the molecule is COC(=O)c1ccccc1NC(=O)c1cccc(NC(C)=O)c1. The molecule has 0 saturated heterocycles. The number of carbonyl (C=O) groups is 3. The van der Waals surface area contributed by atoms with E-state index in [2.05, 4.69) is 15.4 Å². The molecule has 6 heteroatoms. The Labute approximate surface area is 133 Å². The summed E-state index contributed by atoms with van der Waals surface area (Å²) in [6, 6.07) is 13.1. The summed E-state index contributed by atoms with van der Waals surface area (Å²) in [4.78, 5) is 35.1. The van der Waals surface area contributed by atoms with E-state index in [9.17, 15) is 14.4 Å². The first-order valence-electron chi connectivity index (χ1n) is 6.87. The van der Waals surface area contributed by atoms with Gasteiger partial charge in [-0.05, 0) is 30.3 Å². The van der Waals surface area contributed by atoms with Crippen LogP contribution in [0.15, 0.2) is 48.5 Å². The lowest BCUT2D eigenvalue weighted by molar-refractivity contribution is -0.114. The second-order valence-electron chi connectivity index (χ2n) is 4.75. The van der Waals surface area contributed by atoms with E-state index in [-0.39, 0.29) is 11.5 Å². The average Bonchev–Trinajstić information content (AvgIpc) is 2.54. The molecule has 0 atom stereocenters. The zero-order valence-electron chi connectivity index (χ0n) is 12.8. The molecule has 0 saturated carbocycles. The molecule has 0 fully saturated rings. The third kappa shape index (κ3) is 4.16. The van der Waals surface area contributed by atoms with Gasteiger partial charge in [-0.15, -0.1) is 0 Å². The van der Waals surface area contributed by atoms with Crippen LogP contribution in [0.1, 0.15) is 27.6 Å². The molecule has 0 aliphatic heterocycles. The molecule has 0 aliphatic rings. The monoisotopic (exact) mass is 312 g/mol. The number of hydrogen-bond donors (Lipinski definition) is 2. The van der Waals surface area contributed by atoms with Gasteiger partial charge < -0.3 is 15.4 Å². The molecule has 6 nitrogen and oxygen atoms in total. The van der Waals surface area contributed by atoms with Crippen molar-refractivity contribution in [2.24, 2.45) is 0 Å². The first kappa shape index (κ1) is 16.2. The molecule has 2 rings (SSSR count). The van der Waals surface area contributed by atoms with Crippen LogP contribution in [-0.2, 0) is 9.53 Å². The van der Waals surface area contributed by atoms with Gasteiger partial charge in [-0.25, -0.2) is 4.79 Å². The zero-order chi connectivity index (χ0) is 16.8. The van der Waals surface area contributed by atoms with Gasteiger partial charge in [0.15, 0.2) is 0 Å². The Morgan fingerprint density at radius 3 is 2.39 bits per heavy atom. The lowest BCUT2D eigenvalue weighted by Crippen LogP contribution is -2.16. The van der Waals surface area contributed by atoms with Crippen LogP contribution in [0.3, 0.4) is 0 Å². The molecule has 0 aromatic heterocycles. The highest BCUT2D eigenvalue weighted by Crippen LogP contribution is 2.18. The van der Waals surface area contributed by atoms with Gasteiger partial charge in [-0.3, -0.25) is 9.59 Å². The van der Waals surface area contributed by atoms with Crippen LogP contribution in [0.5, 0.6) is 0 Å². The molecule has 2 amide bonds. The van der Waals surface area contributed by atoms with Crippen LogP contribution in [0.2, 0.25) is 0 Å². The summed E-state index contributed by atoms with van der Waals surface area (Å²) >= 11 is 0. The van der Waals surface area contributed by atoms with Crippen molar-refractivity contribution in [2.45, 2.75) is 6.92 Å². The molecular weight excluding hydrogens is 296 g/mol. The summed E-state index contributed by atoms with van der Waals surface area (Å²) < 4.78 is 4.69. The highest BCUT2D eigenvalue weighted by molar-refractivity contribution is 6.08. The van der Waals surface area contributed by atoms with Crippen molar-refractivity contribution in [3.8, 4) is 0 Å². The van der Waals surface area contributed by atoms with E-state index in [1.165, 1.54) is 14.0 Å². The van der Waals surface area contributed by atoms with Gasteiger partial charge in [-0.1, -0.05) is 18.2 Å². The molecule has 0 bridgehead atoms. The van der Waals surface area contributed by atoms with Crippen molar-refractivity contribution in [1.82, 2.24) is 0 Å². The Balaban J connectivity index is 2.23. The number of methoxy groups -OCH3 is 1.